The van der Waals surface area contributed by atoms with Crippen LogP contribution < -0.4 is 10.6 Å². The Kier molecular flexibility index (Phi) is 7.51. The first-order chi connectivity index (χ1) is 11.1. The van der Waals surface area contributed by atoms with E-state index in [-0.39, 0.29) is 6.04 Å². The molecule has 134 valence electrons. The average Bonchev–Trinajstić information content (AvgIpc) is 2.45. The molecule has 1 rings (SSSR count). The van der Waals surface area contributed by atoms with Crippen LogP contribution in [0, 0.1) is 0 Å². The van der Waals surface area contributed by atoms with Crippen LogP contribution >= 0.6 is 11.6 Å². The van der Waals surface area contributed by atoms with Gasteiger partial charge in [-0.05, 0) is 45.4 Å². The van der Waals surface area contributed by atoms with E-state index < -0.39 is 23.7 Å². The molecule has 2 atom stereocenters. The van der Waals surface area contributed by atoms with E-state index in [0.29, 0.717) is 17.1 Å². The fourth-order valence-electron chi connectivity index (χ4n) is 2.00. The highest BCUT2D eigenvalue weighted by molar-refractivity contribution is 6.30. The molecule has 0 saturated carbocycles. The van der Waals surface area contributed by atoms with Gasteiger partial charge in [0.2, 0.25) is 0 Å². The van der Waals surface area contributed by atoms with Crippen LogP contribution in [0.5, 0.6) is 0 Å². The van der Waals surface area contributed by atoms with E-state index in [1.165, 1.54) is 7.11 Å². The molecule has 24 heavy (non-hydrogen) atoms. The number of carbonyl (C=O) groups is 2. The molecule has 0 aromatic heterocycles. The van der Waals surface area contributed by atoms with Crippen LogP contribution in [0.2, 0.25) is 5.02 Å². The van der Waals surface area contributed by atoms with E-state index in [4.69, 9.17) is 21.1 Å². The fourth-order valence-corrected chi connectivity index (χ4v) is 2.19. The predicted molar refractivity (Wildman–Crippen MR) is 93.0 cm³/mol. The molecule has 1 aromatic carbocycles. The number of hydrogen-bond acceptors (Lipinski definition) is 5. The standard InChI is InChI=1S/C17H25ClN2O4/c1-11(20-16(22)24-17(2,3)4)10-19-14(15(21)23-5)12-7-6-8-13(18)9-12/h6-9,11,14,19H,10H2,1-5H3,(H,20,22)/t11-,14?/m1/s1. The Morgan fingerprint density at radius 3 is 2.50 bits per heavy atom. The number of hydrogen-bond donors (Lipinski definition) is 2. The van der Waals surface area contributed by atoms with Gasteiger partial charge < -0.3 is 14.8 Å². The third-order valence-corrected chi connectivity index (χ3v) is 3.25. The highest BCUT2D eigenvalue weighted by Crippen LogP contribution is 2.19. The van der Waals surface area contributed by atoms with Crippen molar-refractivity contribution in [2.45, 2.75) is 45.4 Å². The van der Waals surface area contributed by atoms with E-state index in [0.717, 1.165) is 0 Å². The van der Waals surface area contributed by atoms with Crippen LogP contribution in [0.1, 0.15) is 39.3 Å². The molecule has 0 heterocycles. The molecule has 0 radical (unpaired) electrons. The number of rotatable bonds is 6. The first-order valence-corrected chi connectivity index (χ1v) is 8.06. The Balaban J connectivity index is 2.65. The number of esters is 1. The van der Waals surface area contributed by atoms with E-state index in [1.807, 2.05) is 6.92 Å². The molecule has 2 N–H and O–H groups in total. The van der Waals surface area contributed by atoms with Crippen LogP contribution in [0.3, 0.4) is 0 Å². The number of methoxy groups -OCH3 is 1. The summed E-state index contributed by atoms with van der Waals surface area (Å²) in [5.41, 5.74) is 0.130. The van der Waals surface area contributed by atoms with Crippen molar-refractivity contribution in [3.05, 3.63) is 34.9 Å². The van der Waals surface area contributed by atoms with Gasteiger partial charge in [0.15, 0.2) is 0 Å². The van der Waals surface area contributed by atoms with Crippen molar-refractivity contribution in [1.29, 1.82) is 0 Å². The lowest BCUT2D eigenvalue weighted by atomic mass is 10.1. The fraction of sp³-hybridized carbons (Fsp3) is 0.529. The van der Waals surface area contributed by atoms with Crippen molar-refractivity contribution in [2.24, 2.45) is 0 Å². The second kappa shape index (κ2) is 8.89. The molecule has 7 heteroatoms. The largest absolute Gasteiger partial charge is 0.468 e. The summed E-state index contributed by atoms with van der Waals surface area (Å²) in [5.74, 6) is -0.429. The summed E-state index contributed by atoms with van der Waals surface area (Å²) >= 11 is 5.98. The molecule has 1 aromatic rings. The second-order valence-electron chi connectivity index (χ2n) is 6.47. The molecule has 0 bridgehead atoms. The summed E-state index contributed by atoms with van der Waals surface area (Å²) in [7, 11) is 1.32. The van der Waals surface area contributed by atoms with Gasteiger partial charge in [-0.15, -0.1) is 0 Å². The highest BCUT2D eigenvalue weighted by atomic mass is 35.5. The Labute approximate surface area is 147 Å². The lowest BCUT2D eigenvalue weighted by Gasteiger charge is -2.23. The van der Waals surface area contributed by atoms with Crippen molar-refractivity contribution in [2.75, 3.05) is 13.7 Å². The predicted octanol–water partition coefficient (Wildman–Crippen LogP) is 3.06. The Hall–Kier alpha value is -1.79. The molecule has 0 aliphatic rings. The zero-order valence-electron chi connectivity index (χ0n) is 14.7. The van der Waals surface area contributed by atoms with Crippen LogP contribution in [-0.4, -0.2) is 37.4 Å². The van der Waals surface area contributed by atoms with Gasteiger partial charge in [-0.2, -0.15) is 0 Å². The molecule has 6 nitrogen and oxygen atoms in total. The summed E-state index contributed by atoms with van der Waals surface area (Å²) < 4.78 is 10.0. The first kappa shape index (κ1) is 20.3. The van der Waals surface area contributed by atoms with E-state index in [9.17, 15) is 9.59 Å². The van der Waals surface area contributed by atoms with Crippen molar-refractivity contribution in [3.8, 4) is 0 Å². The second-order valence-corrected chi connectivity index (χ2v) is 6.90. The van der Waals surface area contributed by atoms with Crippen molar-refractivity contribution in [3.63, 3.8) is 0 Å². The SMILES string of the molecule is COC(=O)C(NC[C@@H](C)NC(=O)OC(C)(C)C)c1cccc(Cl)c1. The number of halogens is 1. The molecule has 0 fully saturated rings. The summed E-state index contributed by atoms with van der Waals surface area (Å²) in [4.78, 5) is 23.8. The normalized spacial score (nSPS) is 13.8. The topological polar surface area (TPSA) is 76.7 Å². The van der Waals surface area contributed by atoms with Crippen molar-refractivity contribution in [1.82, 2.24) is 10.6 Å². The van der Waals surface area contributed by atoms with E-state index in [2.05, 4.69) is 10.6 Å². The molecule has 1 unspecified atom stereocenters. The number of benzene rings is 1. The van der Waals surface area contributed by atoms with Gasteiger partial charge in [0, 0.05) is 17.6 Å². The number of carbonyl (C=O) groups excluding carboxylic acids is 2. The monoisotopic (exact) mass is 356 g/mol. The summed E-state index contributed by atoms with van der Waals surface area (Å²) in [6.07, 6.45) is -0.505. The van der Waals surface area contributed by atoms with Gasteiger partial charge in [-0.1, -0.05) is 23.7 Å². The molecular weight excluding hydrogens is 332 g/mol. The smallest absolute Gasteiger partial charge is 0.407 e. The quantitative estimate of drug-likeness (QED) is 0.766. The zero-order chi connectivity index (χ0) is 18.3. The van der Waals surface area contributed by atoms with Gasteiger partial charge in [0.1, 0.15) is 11.6 Å². The van der Waals surface area contributed by atoms with Gasteiger partial charge in [-0.25, -0.2) is 9.59 Å². The first-order valence-electron chi connectivity index (χ1n) is 7.68. The third kappa shape index (κ3) is 7.19. The van der Waals surface area contributed by atoms with Crippen LogP contribution in [0.15, 0.2) is 24.3 Å². The summed E-state index contributed by atoms with van der Waals surface area (Å²) in [5, 5.41) is 6.32. The average molecular weight is 357 g/mol. The third-order valence-electron chi connectivity index (χ3n) is 3.01. The zero-order valence-corrected chi connectivity index (χ0v) is 15.4. The van der Waals surface area contributed by atoms with Crippen LogP contribution in [-0.2, 0) is 14.3 Å². The number of alkyl carbamates (subject to hydrolysis) is 1. The molecule has 0 spiro atoms. The highest BCUT2D eigenvalue weighted by Gasteiger charge is 2.23. The molecule has 0 aliphatic carbocycles. The minimum atomic E-state index is -0.670. The maximum absolute atomic E-state index is 12.0. The lowest BCUT2D eigenvalue weighted by Crippen LogP contribution is -2.44. The molecule has 0 saturated heterocycles. The summed E-state index contributed by atoms with van der Waals surface area (Å²) in [6, 6.07) is 6.06. The maximum atomic E-state index is 12.0. The molecule has 1 amide bonds. The summed E-state index contributed by atoms with van der Waals surface area (Å²) in [6.45, 7) is 7.54. The molecule has 0 aliphatic heterocycles. The van der Waals surface area contributed by atoms with Crippen LogP contribution in [0.4, 0.5) is 4.79 Å². The lowest BCUT2D eigenvalue weighted by molar-refractivity contribution is -0.143. The van der Waals surface area contributed by atoms with Crippen LogP contribution in [0.25, 0.3) is 0 Å². The number of amides is 1. The Bertz CT molecular complexity index is 572. The number of ether oxygens (including phenoxy) is 2. The Morgan fingerprint density at radius 1 is 1.29 bits per heavy atom. The maximum Gasteiger partial charge on any atom is 0.407 e. The van der Waals surface area contributed by atoms with Crippen molar-refractivity contribution < 1.29 is 19.1 Å². The van der Waals surface area contributed by atoms with Gasteiger partial charge in [0.05, 0.1) is 7.11 Å². The minimum absolute atomic E-state index is 0.244. The van der Waals surface area contributed by atoms with Gasteiger partial charge >= 0.3 is 12.1 Å². The Morgan fingerprint density at radius 2 is 1.96 bits per heavy atom. The van der Waals surface area contributed by atoms with E-state index in [1.54, 1.807) is 45.0 Å². The van der Waals surface area contributed by atoms with Gasteiger partial charge in [0.25, 0.3) is 0 Å². The molecular formula is C17H25ClN2O4. The number of nitrogens with one attached hydrogen (secondary N) is 2. The van der Waals surface area contributed by atoms with E-state index >= 15 is 0 Å². The van der Waals surface area contributed by atoms with Gasteiger partial charge in [-0.3, -0.25) is 5.32 Å². The minimum Gasteiger partial charge on any atom is -0.468 e. The van der Waals surface area contributed by atoms with Crippen molar-refractivity contribution >= 4 is 23.7 Å².